The van der Waals surface area contributed by atoms with Crippen LogP contribution < -0.4 is 5.73 Å². The summed E-state index contributed by atoms with van der Waals surface area (Å²) < 4.78 is 4.14. The Labute approximate surface area is 152 Å². The molecule has 8 nitrogen and oxygen atoms in total. The lowest BCUT2D eigenvalue weighted by Crippen LogP contribution is -2.35. The van der Waals surface area contributed by atoms with Crippen molar-refractivity contribution in [3.05, 3.63) is 54.3 Å². The van der Waals surface area contributed by atoms with Gasteiger partial charge in [-0.15, -0.1) is 10.2 Å². The molecule has 0 aliphatic carbocycles. The van der Waals surface area contributed by atoms with E-state index in [1.54, 1.807) is 18.7 Å². The fourth-order valence-electron chi connectivity index (χ4n) is 3.65. The Kier molecular flexibility index (Phi) is 4.66. The van der Waals surface area contributed by atoms with E-state index in [0.717, 1.165) is 49.7 Å². The maximum Gasteiger partial charge on any atom is 0.152 e. The summed E-state index contributed by atoms with van der Waals surface area (Å²) in [4.78, 5) is 10.7. The number of hydrogen-bond acceptors (Lipinski definition) is 6. The van der Waals surface area contributed by atoms with Crippen molar-refractivity contribution < 1.29 is 0 Å². The van der Waals surface area contributed by atoms with Crippen molar-refractivity contribution >= 4 is 5.82 Å². The molecule has 0 amide bonds. The van der Waals surface area contributed by atoms with E-state index < -0.39 is 0 Å². The quantitative estimate of drug-likeness (QED) is 0.747. The number of likely N-dealkylation sites (tertiary alicyclic amines) is 1. The molecule has 3 aromatic heterocycles. The van der Waals surface area contributed by atoms with Crippen molar-refractivity contribution in [2.75, 3.05) is 18.8 Å². The number of imidazole rings is 1. The van der Waals surface area contributed by atoms with Gasteiger partial charge in [-0.1, -0.05) is 6.07 Å². The lowest BCUT2D eigenvalue weighted by atomic mass is 9.96. The van der Waals surface area contributed by atoms with Crippen LogP contribution >= 0.6 is 0 Å². The summed E-state index contributed by atoms with van der Waals surface area (Å²) in [5.74, 6) is 3.02. The van der Waals surface area contributed by atoms with Crippen LogP contribution in [0.25, 0.3) is 0 Å². The van der Waals surface area contributed by atoms with E-state index in [1.807, 2.05) is 16.8 Å². The van der Waals surface area contributed by atoms with E-state index in [4.69, 9.17) is 5.73 Å². The molecular formula is C18H24N8. The average Bonchev–Trinajstić information content (AvgIpc) is 3.28. The average molecular weight is 352 g/mol. The topological polar surface area (TPSA) is 90.7 Å². The molecule has 1 fully saturated rings. The molecule has 1 aliphatic rings. The summed E-state index contributed by atoms with van der Waals surface area (Å²) in [6, 6.07) is 4.00. The van der Waals surface area contributed by atoms with Crippen LogP contribution in [-0.2, 0) is 20.1 Å². The van der Waals surface area contributed by atoms with E-state index in [9.17, 15) is 0 Å². The highest BCUT2D eigenvalue weighted by Crippen LogP contribution is 2.27. The number of pyridine rings is 1. The van der Waals surface area contributed by atoms with Gasteiger partial charge in [-0.05, 0) is 25.5 Å². The van der Waals surface area contributed by atoms with Crippen molar-refractivity contribution in [2.24, 2.45) is 7.05 Å². The van der Waals surface area contributed by atoms with E-state index in [0.29, 0.717) is 18.3 Å². The van der Waals surface area contributed by atoms with Gasteiger partial charge in [0.15, 0.2) is 5.82 Å². The minimum absolute atomic E-state index is 0.385. The summed E-state index contributed by atoms with van der Waals surface area (Å²) >= 11 is 0. The zero-order valence-corrected chi connectivity index (χ0v) is 15.0. The van der Waals surface area contributed by atoms with Gasteiger partial charge in [0.2, 0.25) is 0 Å². The van der Waals surface area contributed by atoms with Crippen LogP contribution in [0.2, 0.25) is 0 Å². The molecule has 3 aromatic rings. The molecule has 0 aromatic carbocycles. The lowest BCUT2D eigenvalue weighted by molar-refractivity contribution is 0.195. The molecular weight excluding hydrogens is 328 g/mol. The summed E-state index contributed by atoms with van der Waals surface area (Å²) in [5.41, 5.74) is 7.09. The minimum atomic E-state index is 0.385. The van der Waals surface area contributed by atoms with Crippen LogP contribution in [0.3, 0.4) is 0 Å². The molecule has 26 heavy (non-hydrogen) atoms. The molecule has 4 rings (SSSR count). The Bertz CT molecular complexity index is 854. The predicted molar refractivity (Wildman–Crippen MR) is 98.2 cm³/mol. The number of rotatable bonds is 5. The number of hydrogen-bond donors (Lipinski definition) is 1. The zero-order chi connectivity index (χ0) is 17.9. The highest BCUT2D eigenvalue weighted by molar-refractivity contribution is 5.38. The third-order valence-electron chi connectivity index (χ3n) is 5.07. The van der Waals surface area contributed by atoms with Crippen molar-refractivity contribution in [1.29, 1.82) is 0 Å². The number of nitrogen functional groups attached to an aromatic ring is 1. The molecule has 0 saturated carbocycles. The van der Waals surface area contributed by atoms with Crippen molar-refractivity contribution in [2.45, 2.75) is 31.8 Å². The largest absolute Gasteiger partial charge is 0.383 e. The fourth-order valence-corrected chi connectivity index (χ4v) is 3.65. The highest BCUT2D eigenvalue weighted by atomic mass is 15.3. The molecule has 8 heteroatoms. The summed E-state index contributed by atoms with van der Waals surface area (Å²) in [6.45, 7) is 3.55. The summed E-state index contributed by atoms with van der Waals surface area (Å²) in [7, 11) is 2.06. The fraction of sp³-hybridized carbons (Fsp3) is 0.444. The first kappa shape index (κ1) is 16.7. The van der Waals surface area contributed by atoms with Crippen LogP contribution in [0.5, 0.6) is 0 Å². The molecule has 0 spiro atoms. The highest BCUT2D eigenvalue weighted by Gasteiger charge is 2.26. The Morgan fingerprint density at radius 3 is 2.96 bits per heavy atom. The van der Waals surface area contributed by atoms with Gasteiger partial charge in [-0.2, -0.15) is 0 Å². The molecule has 0 unspecified atom stereocenters. The second-order valence-electron chi connectivity index (χ2n) is 6.89. The van der Waals surface area contributed by atoms with Gasteiger partial charge in [-0.3, -0.25) is 4.90 Å². The molecule has 136 valence electrons. The molecule has 4 heterocycles. The normalized spacial score (nSPS) is 18.3. The van der Waals surface area contributed by atoms with Gasteiger partial charge in [-0.25, -0.2) is 9.97 Å². The summed E-state index contributed by atoms with van der Waals surface area (Å²) in [5, 5.41) is 8.90. The Morgan fingerprint density at radius 1 is 1.23 bits per heavy atom. The zero-order valence-electron chi connectivity index (χ0n) is 15.0. The Morgan fingerprint density at radius 2 is 2.15 bits per heavy atom. The van der Waals surface area contributed by atoms with Gasteiger partial charge < -0.3 is 14.9 Å². The maximum atomic E-state index is 6.00. The number of piperidine rings is 1. The number of nitrogens with two attached hydrogens (primary N) is 1. The van der Waals surface area contributed by atoms with Crippen molar-refractivity contribution in [1.82, 2.24) is 34.2 Å². The second kappa shape index (κ2) is 7.25. The first-order chi connectivity index (χ1) is 12.7. The molecule has 1 atom stereocenters. The van der Waals surface area contributed by atoms with Crippen LogP contribution in [0.15, 0.2) is 37.1 Å². The van der Waals surface area contributed by atoms with Crippen LogP contribution in [0.4, 0.5) is 5.82 Å². The predicted octanol–water partition coefficient (Wildman–Crippen LogP) is 1.42. The minimum Gasteiger partial charge on any atom is -0.383 e. The van der Waals surface area contributed by atoms with Crippen LogP contribution in [0.1, 0.15) is 36.0 Å². The van der Waals surface area contributed by atoms with E-state index in [1.165, 1.54) is 0 Å². The second-order valence-corrected chi connectivity index (χ2v) is 6.89. The van der Waals surface area contributed by atoms with Gasteiger partial charge >= 0.3 is 0 Å². The van der Waals surface area contributed by atoms with E-state index in [2.05, 4.69) is 42.7 Å². The number of nitrogens with zero attached hydrogens (tertiary/aromatic N) is 7. The molecule has 0 bridgehead atoms. The lowest BCUT2D eigenvalue weighted by Gasteiger charge is -2.32. The van der Waals surface area contributed by atoms with Gasteiger partial charge in [0.25, 0.3) is 0 Å². The van der Waals surface area contributed by atoms with Crippen LogP contribution in [-0.4, -0.2) is 47.3 Å². The first-order valence-corrected chi connectivity index (χ1v) is 8.96. The monoisotopic (exact) mass is 352 g/mol. The maximum absolute atomic E-state index is 6.00. The number of anilines is 1. The number of aromatic nitrogens is 6. The van der Waals surface area contributed by atoms with E-state index in [-0.39, 0.29) is 0 Å². The van der Waals surface area contributed by atoms with Gasteiger partial charge in [0, 0.05) is 50.2 Å². The molecule has 1 saturated heterocycles. The first-order valence-electron chi connectivity index (χ1n) is 8.96. The van der Waals surface area contributed by atoms with Crippen LogP contribution in [0, 0.1) is 0 Å². The van der Waals surface area contributed by atoms with Gasteiger partial charge in [0.1, 0.15) is 11.6 Å². The SMILES string of the molecule is Cn1c(Cn2ccnc2)nnc1[C@H]1CCCN(Cc2cccnc2N)C1. The molecule has 0 radical (unpaired) electrons. The standard InChI is InChI=1S/C18H24N8/c1-24-16(12-26-9-7-20-13-26)22-23-18(24)15-5-3-8-25(11-15)10-14-4-2-6-21-17(14)19/h2,4,6-7,9,13,15H,3,5,8,10-12H2,1H3,(H2,19,21)/t15-/m0/s1. The summed E-state index contributed by atoms with van der Waals surface area (Å²) in [6.07, 6.45) is 9.54. The Balaban J connectivity index is 1.46. The molecule has 1 aliphatic heterocycles. The third-order valence-corrected chi connectivity index (χ3v) is 5.07. The Hall–Kier alpha value is -2.74. The molecule has 2 N–H and O–H groups in total. The van der Waals surface area contributed by atoms with Gasteiger partial charge in [0.05, 0.1) is 12.9 Å². The van der Waals surface area contributed by atoms with Crippen molar-refractivity contribution in [3.63, 3.8) is 0 Å². The van der Waals surface area contributed by atoms with Crippen molar-refractivity contribution in [3.8, 4) is 0 Å². The van der Waals surface area contributed by atoms with E-state index >= 15 is 0 Å². The smallest absolute Gasteiger partial charge is 0.152 e. The third kappa shape index (κ3) is 3.45.